The number of carbonyl (C=O) groups is 1. The van der Waals surface area contributed by atoms with Crippen molar-refractivity contribution in [3.8, 4) is 5.75 Å². The Balaban J connectivity index is 1.96. The van der Waals surface area contributed by atoms with Crippen LogP contribution in [0, 0.1) is 13.8 Å². The van der Waals surface area contributed by atoms with Crippen LogP contribution in [-0.2, 0) is 10.0 Å². The lowest BCUT2D eigenvalue weighted by atomic mass is 10.1. The van der Waals surface area contributed by atoms with E-state index in [9.17, 15) is 26.4 Å². The summed E-state index contributed by atoms with van der Waals surface area (Å²) < 4.78 is 69.8. The summed E-state index contributed by atoms with van der Waals surface area (Å²) in [6.45, 7) is 2.80. The van der Waals surface area contributed by atoms with E-state index in [0.29, 0.717) is 18.7 Å². The van der Waals surface area contributed by atoms with Crippen molar-refractivity contribution in [3.63, 3.8) is 0 Å². The number of ether oxygens (including phenoxy) is 1. The average Bonchev–Trinajstić information content (AvgIpc) is 3.21. The zero-order valence-corrected chi connectivity index (χ0v) is 17.9. The van der Waals surface area contributed by atoms with E-state index >= 15 is 0 Å². The Kier molecular flexibility index (Phi) is 6.61. The zero-order chi connectivity index (χ0) is 22.8. The molecule has 1 heterocycles. The molecule has 31 heavy (non-hydrogen) atoms. The summed E-state index contributed by atoms with van der Waals surface area (Å²) in [5.41, 5.74) is 1.83. The third-order valence-corrected chi connectivity index (χ3v) is 6.67. The van der Waals surface area contributed by atoms with Crippen molar-refractivity contribution in [2.24, 2.45) is 0 Å². The summed E-state index contributed by atoms with van der Waals surface area (Å²) in [5, 5.41) is 2.51. The summed E-state index contributed by atoms with van der Waals surface area (Å²) in [7, 11) is -3.83. The summed E-state index contributed by atoms with van der Waals surface area (Å²) in [4.78, 5) is 12.6. The summed E-state index contributed by atoms with van der Waals surface area (Å²) >= 11 is 0. The number of alkyl halides is 3. The van der Waals surface area contributed by atoms with E-state index < -0.39 is 28.7 Å². The molecule has 2 aromatic carbocycles. The van der Waals surface area contributed by atoms with Gasteiger partial charge in [-0.2, -0.15) is 17.5 Å². The maximum absolute atomic E-state index is 12.9. The van der Waals surface area contributed by atoms with Crippen molar-refractivity contribution in [2.45, 2.75) is 37.8 Å². The molecule has 0 spiro atoms. The van der Waals surface area contributed by atoms with Crippen LogP contribution in [0.3, 0.4) is 0 Å². The summed E-state index contributed by atoms with van der Waals surface area (Å²) in [6.07, 6.45) is -3.11. The number of nitrogens with one attached hydrogen (secondary N) is 1. The van der Waals surface area contributed by atoms with Crippen molar-refractivity contribution in [3.05, 3.63) is 53.1 Å². The van der Waals surface area contributed by atoms with Gasteiger partial charge in [0.15, 0.2) is 6.61 Å². The first-order valence-electron chi connectivity index (χ1n) is 9.69. The number of aryl methyl sites for hydroxylation is 2. The van der Waals surface area contributed by atoms with Crippen molar-refractivity contribution < 1.29 is 31.1 Å². The van der Waals surface area contributed by atoms with Crippen molar-refractivity contribution in [1.82, 2.24) is 4.31 Å². The lowest BCUT2D eigenvalue weighted by Gasteiger charge is -2.18. The van der Waals surface area contributed by atoms with E-state index in [2.05, 4.69) is 5.32 Å². The molecule has 1 fully saturated rings. The van der Waals surface area contributed by atoms with E-state index in [1.165, 1.54) is 10.4 Å². The van der Waals surface area contributed by atoms with Gasteiger partial charge in [0, 0.05) is 18.7 Å². The van der Waals surface area contributed by atoms with E-state index in [0.717, 1.165) is 36.1 Å². The number of sulfonamides is 1. The molecule has 0 bridgehead atoms. The number of anilines is 1. The second-order valence-corrected chi connectivity index (χ2v) is 9.44. The Labute approximate surface area is 179 Å². The number of halogens is 3. The van der Waals surface area contributed by atoms with Crippen LogP contribution in [0.15, 0.2) is 41.3 Å². The Bertz CT molecular complexity index is 1060. The molecule has 3 rings (SSSR count). The third-order valence-electron chi connectivity index (χ3n) is 4.78. The highest BCUT2D eigenvalue weighted by Gasteiger charge is 2.31. The number of benzene rings is 2. The van der Waals surface area contributed by atoms with E-state index in [-0.39, 0.29) is 16.3 Å². The number of carbonyl (C=O) groups excluding carboxylic acids is 1. The normalized spacial score (nSPS) is 15.1. The monoisotopic (exact) mass is 456 g/mol. The second-order valence-electron chi connectivity index (χ2n) is 7.50. The highest BCUT2D eigenvalue weighted by molar-refractivity contribution is 7.89. The molecule has 0 atom stereocenters. The molecule has 0 unspecified atom stereocenters. The molecule has 2 aromatic rings. The fourth-order valence-electron chi connectivity index (χ4n) is 3.43. The highest BCUT2D eigenvalue weighted by atomic mass is 32.2. The number of rotatable bonds is 6. The molecular weight excluding hydrogens is 433 g/mol. The Morgan fingerprint density at radius 1 is 1.06 bits per heavy atom. The number of nitrogens with zero attached hydrogens (tertiary/aromatic N) is 1. The SMILES string of the molecule is Cc1cc(C)cc(C(=O)Nc2cc(S(=O)(=O)N3CCCC3)ccc2OCC(F)(F)F)c1. The van der Waals surface area contributed by atoms with Gasteiger partial charge in [-0.05, 0) is 57.0 Å². The largest absolute Gasteiger partial charge is 0.482 e. The summed E-state index contributed by atoms with van der Waals surface area (Å²) in [5.74, 6) is -0.852. The first-order valence-corrected chi connectivity index (χ1v) is 11.1. The number of hydrogen-bond acceptors (Lipinski definition) is 4. The van der Waals surface area contributed by atoms with Gasteiger partial charge in [-0.25, -0.2) is 8.42 Å². The van der Waals surface area contributed by atoms with Gasteiger partial charge in [-0.15, -0.1) is 0 Å². The van der Waals surface area contributed by atoms with Crippen LogP contribution in [0.5, 0.6) is 5.75 Å². The molecule has 168 valence electrons. The topological polar surface area (TPSA) is 75.7 Å². The predicted octanol–water partition coefficient (Wildman–Crippen LogP) is 4.28. The van der Waals surface area contributed by atoms with Crippen LogP contribution in [-0.4, -0.2) is 44.5 Å². The number of hydrogen-bond donors (Lipinski definition) is 1. The molecule has 0 aromatic heterocycles. The molecule has 1 N–H and O–H groups in total. The van der Waals surface area contributed by atoms with Gasteiger partial charge in [0.25, 0.3) is 5.91 Å². The highest BCUT2D eigenvalue weighted by Crippen LogP contribution is 2.32. The Hall–Kier alpha value is -2.59. The maximum Gasteiger partial charge on any atom is 0.422 e. The fourth-order valence-corrected chi connectivity index (χ4v) is 4.97. The minimum atomic E-state index is -4.59. The smallest absolute Gasteiger partial charge is 0.422 e. The van der Waals surface area contributed by atoms with Crippen LogP contribution in [0.1, 0.15) is 34.3 Å². The molecule has 0 saturated carbocycles. The number of amides is 1. The molecule has 1 aliphatic heterocycles. The zero-order valence-electron chi connectivity index (χ0n) is 17.1. The van der Waals surface area contributed by atoms with Gasteiger partial charge in [0.2, 0.25) is 10.0 Å². The molecule has 10 heteroatoms. The van der Waals surface area contributed by atoms with Gasteiger partial charge in [0.05, 0.1) is 10.6 Å². The van der Waals surface area contributed by atoms with E-state index in [1.54, 1.807) is 12.1 Å². The van der Waals surface area contributed by atoms with Gasteiger partial charge in [-0.1, -0.05) is 17.2 Å². The molecule has 1 amide bonds. The van der Waals surface area contributed by atoms with Crippen LogP contribution >= 0.6 is 0 Å². The quantitative estimate of drug-likeness (QED) is 0.704. The fraction of sp³-hybridized carbons (Fsp3) is 0.381. The average molecular weight is 456 g/mol. The van der Waals surface area contributed by atoms with Crippen LogP contribution in [0.2, 0.25) is 0 Å². The van der Waals surface area contributed by atoms with Crippen LogP contribution in [0.4, 0.5) is 18.9 Å². The van der Waals surface area contributed by atoms with Gasteiger partial charge in [0.1, 0.15) is 5.75 Å². The van der Waals surface area contributed by atoms with E-state index in [4.69, 9.17) is 4.74 Å². The molecule has 1 saturated heterocycles. The van der Waals surface area contributed by atoms with Crippen molar-refractivity contribution >= 4 is 21.6 Å². The Morgan fingerprint density at radius 2 is 1.68 bits per heavy atom. The first-order chi connectivity index (χ1) is 14.5. The second kappa shape index (κ2) is 8.88. The van der Waals surface area contributed by atoms with Crippen LogP contribution in [0.25, 0.3) is 0 Å². The van der Waals surface area contributed by atoms with Crippen molar-refractivity contribution in [2.75, 3.05) is 25.0 Å². The van der Waals surface area contributed by atoms with Crippen molar-refractivity contribution in [1.29, 1.82) is 0 Å². The first kappa shape index (κ1) is 23.1. The van der Waals surface area contributed by atoms with E-state index in [1.807, 2.05) is 19.9 Å². The molecule has 1 aliphatic rings. The van der Waals surface area contributed by atoms with Gasteiger partial charge in [-0.3, -0.25) is 4.79 Å². The van der Waals surface area contributed by atoms with Gasteiger partial charge >= 0.3 is 6.18 Å². The molecular formula is C21H23F3N2O4S. The standard InChI is InChI=1S/C21H23F3N2O4S/c1-14-9-15(2)11-16(10-14)20(27)25-18-12-17(31(28,29)26-7-3-4-8-26)5-6-19(18)30-13-21(22,23)24/h5-6,9-12H,3-4,7-8,13H2,1-2H3,(H,25,27). The van der Waals surface area contributed by atoms with Gasteiger partial charge < -0.3 is 10.1 Å². The molecule has 6 nitrogen and oxygen atoms in total. The minimum absolute atomic E-state index is 0.121. The third kappa shape index (κ3) is 5.76. The lowest BCUT2D eigenvalue weighted by molar-refractivity contribution is -0.153. The molecule has 0 radical (unpaired) electrons. The predicted molar refractivity (Wildman–Crippen MR) is 110 cm³/mol. The molecule has 0 aliphatic carbocycles. The lowest BCUT2D eigenvalue weighted by Crippen LogP contribution is -2.28. The summed E-state index contributed by atoms with van der Waals surface area (Å²) in [6, 6.07) is 8.59. The Morgan fingerprint density at radius 3 is 2.26 bits per heavy atom. The minimum Gasteiger partial charge on any atom is -0.482 e. The maximum atomic E-state index is 12.9. The van der Waals surface area contributed by atoms with Crippen LogP contribution < -0.4 is 10.1 Å².